The highest BCUT2D eigenvalue weighted by atomic mass is 16.1. The van der Waals surface area contributed by atoms with E-state index in [4.69, 9.17) is 0 Å². The molecule has 0 unspecified atom stereocenters. The van der Waals surface area contributed by atoms with Crippen molar-refractivity contribution in [2.24, 2.45) is 0 Å². The van der Waals surface area contributed by atoms with E-state index in [1.165, 1.54) is 25.7 Å². The van der Waals surface area contributed by atoms with E-state index in [1.54, 1.807) is 10.8 Å². The Morgan fingerprint density at radius 1 is 0.968 bits per heavy atom. The molecule has 1 aromatic carbocycles. The van der Waals surface area contributed by atoms with E-state index in [9.17, 15) is 9.59 Å². The molecule has 1 aliphatic carbocycles. The van der Waals surface area contributed by atoms with Crippen molar-refractivity contribution in [2.45, 2.75) is 51.1 Å². The van der Waals surface area contributed by atoms with Crippen LogP contribution in [0.4, 0.5) is 0 Å². The van der Waals surface area contributed by atoms with Crippen LogP contribution in [-0.2, 0) is 6.54 Å². The number of nitrogens with zero attached hydrogens (tertiary/aromatic N) is 3. The quantitative estimate of drug-likeness (QED) is 0.510. The molecule has 4 aromatic rings. The standard InChI is InChI=1S/C25H26N4O2/c30-24(27-20-7-3-1-2-4-8-20)19-13-11-18(12-14-19)17-29-23-21(9-5-15-26-23)28-16-6-10-22(28)25(29)31/h5-6,9-16,20H,1-4,7-8,17H2,(H,27,30). The smallest absolute Gasteiger partial charge is 0.276 e. The zero-order valence-corrected chi connectivity index (χ0v) is 17.5. The van der Waals surface area contributed by atoms with Gasteiger partial charge in [0.25, 0.3) is 11.5 Å². The summed E-state index contributed by atoms with van der Waals surface area (Å²) in [5.41, 5.74) is 3.69. The number of carbonyl (C=O) groups excluding carboxylic acids is 1. The number of hydrogen-bond acceptors (Lipinski definition) is 3. The average molecular weight is 415 g/mol. The van der Waals surface area contributed by atoms with Crippen molar-refractivity contribution in [3.8, 4) is 0 Å². The molecule has 1 aliphatic rings. The number of carbonyl (C=O) groups is 1. The average Bonchev–Trinajstić information content (AvgIpc) is 3.16. The van der Waals surface area contributed by atoms with E-state index in [2.05, 4.69) is 10.3 Å². The molecular formula is C25H26N4O2. The maximum Gasteiger partial charge on any atom is 0.276 e. The zero-order valence-electron chi connectivity index (χ0n) is 17.5. The summed E-state index contributed by atoms with van der Waals surface area (Å²) in [5.74, 6) is -0.0164. The van der Waals surface area contributed by atoms with Gasteiger partial charge in [-0.15, -0.1) is 0 Å². The number of benzene rings is 1. The Bertz CT molecular complexity index is 1280. The van der Waals surface area contributed by atoms with Crippen molar-refractivity contribution in [3.63, 3.8) is 0 Å². The number of hydrogen-bond donors (Lipinski definition) is 1. The Balaban J connectivity index is 1.39. The molecule has 1 fully saturated rings. The lowest BCUT2D eigenvalue weighted by atomic mass is 10.1. The lowest BCUT2D eigenvalue weighted by molar-refractivity contribution is 0.0933. The third-order valence-corrected chi connectivity index (χ3v) is 6.24. The number of rotatable bonds is 4. The summed E-state index contributed by atoms with van der Waals surface area (Å²) in [6.45, 7) is 0.401. The summed E-state index contributed by atoms with van der Waals surface area (Å²) >= 11 is 0. The lowest BCUT2D eigenvalue weighted by Gasteiger charge is -2.16. The number of nitrogens with one attached hydrogen (secondary N) is 1. The maximum absolute atomic E-state index is 13.1. The predicted octanol–water partition coefficient (Wildman–Crippen LogP) is 4.15. The van der Waals surface area contributed by atoms with Gasteiger partial charge in [-0.2, -0.15) is 0 Å². The normalized spacial score (nSPS) is 15.2. The summed E-state index contributed by atoms with van der Waals surface area (Å²) in [7, 11) is 0. The van der Waals surface area contributed by atoms with E-state index < -0.39 is 0 Å². The van der Waals surface area contributed by atoms with E-state index in [0.717, 1.165) is 23.9 Å². The van der Waals surface area contributed by atoms with Gasteiger partial charge >= 0.3 is 0 Å². The fraction of sp³-hybridized carbons (Fsp3) is 0.320. The van der Waals surface area contributed by atoms with Crippen molar-refractivity contribution >= 4 is 22.6 Å². The largest absolute Gasteiger partial charge is 0.349 e. The summed E-state index contributed by atoms with van der Waals surface area (Å²) in [5, 5.41) is 3.19. The van der Waals surface area contributed by atoms with Gasteiger partial charge in [0.1, 0.15) is 5.52 Å². The van der Waals surface area contributed by atoms with Crippen LogP contribution in [0.2, 0.25) is 0 Å². The highest BCUT2D eigenvalue weighted by molar-refractivity contribution is 5.94. The molecule has 3 heterocycles. The van der Waals surface area contributed by atoms with Crippen LogP contribution in [0.5, 0.6) is 0 Å². The van der Waals surface area contributed by atoms with Crippen LogP contribution in [0.15, 0.2) is 65.7 Å². The zero-order chi connectivity index (χ0) is 21.2. The Hall–Kier alpha value is -3.41. The van der Waals surface area contributed by atoms with Gasteiger partial charge < -0.3 is 9.72 Å². The van der Waals surface area contributed by atoms with Crippen molar-refractivity contribution in [1.29, 1.82) is 0 Å². The van der Waals surface area contributed by atoms with Crippen LogP contribution in [-0.4, -0.2) is 25.9 Å². The Kier molecular flexibility index (Phi) is 5.28. The topological polar surface area (TPSA) is 68.4 Å². The van der Waals surface area contributed by atoms with Gasteiger partial charge in [-0.05, 0) is 54.8 Å². The maximum atomic E-state index is 13.1. The molecule has 0 radical (unpaired) electrons. The second kappa shape index (κ2) is 8.38. The molecule has 0 atom stereocenters. The molecular weight excluding hydrogens is 388 g/mol. The van der Waals surface area contributed by atoms with Gasteiger partial charge in [-0.25, -0.2) is 4.98 Å². The molecule has 158 valence electrons. The van der Waals surface area contributed by atoms with E-state index in [1.807, 2.05) is 59.1 Å². The predicted molar refractivity (Wildman–Crippen MR) is 121 cm³/mol. The van der Waals surface area contributed by atoms with Crippen LogP contribution >= 0.6 is 0 Å². The SMILES string of the molecule is O=C(NC1CCCCCC1)c1ccc(Cn2c(=O)c3cccn3c3cccnc32)cc1. The molecule has 0 bridgehead atoms. The van der Waals surface area contributed by atoms with E-state index in [0.29, 0.717) is 23.3 Å². The minimum Gasteiger partial charge on any atom is -0.349 e. The molecule has 6 nitrogen and oxygen atoms in total. The summed E-state index contributed by atoms with van der Waals surface area (Å²) in [4.78, 5) is 30.2. The van der Waals surface area contributed by atoms with Crippen LogP contribution < -0.4 is 10.9 Å². The van der Waals surface area contributed by atoms with Crippen molar-refractivity contribution in [2.75, 3.05) is 0 Å². The molecule has 3 aromatic heterocycles. The van der Waals surface area contributed by atoms with E-state index in [-0.39, 0.29) is 17.5 Å². The Morgan fingerprint density at radius 2 is 1.71 bits per heavy atom. The van der Waals surface area contributed by atoms with Gasteiger partial charge in [0.15, 0.2) is 5.65 Å². The summed E-state index contributed by atoms with van der Waals surface area (Å²) in [6.07, 6.45) is 10.6. The number of amides is 1. The fourth-order valence-electron chi connectivity index (χ4n) is 4.57. The van der Waals surface area contributed by atoms with E-state index >= 15 is 0 Å². The first-order chi connectivity index (χ1) is 15.2. The van der Waals surface area contributed by atoms with Gasteiger partial charge in [-0.1, -0.05) is 37.8 Å². The first kappa shape index (κ1) is 19.5. The molecule has 5 rings (SSSR count). The number of aromatic nitrogens is 3. The van der Waals surface area contributed by atoms with Crippen LogP contribution in [0.3, 0.4) is 0 Å². The number of fused-ring (bicyclic) bond motifs is 3. The summed E-state index contributed by atoms with van der Waals surface area (Å²) in [6, 6.07) is 15.3. The summed E-state index contributed by atoms with van der Waals surface area (Å²) < 4.78 is 3.58. The molecule has 0 aliphatic heterocycles. The second-order valence-corrected chi connectivity index (χ2v) is 8.36. The van der Waals surface area contributed by atoms with Crippen molar-refractivity contribution in [1.82, 2.24) is 19.3 Å². The molecule has 1 saturated carbocycles. The molecule has 0 spiro atoms. The third-order valence-electron chi connectivity index (χ3n) is 6.24. The van der Waals surface area contributed by atoms with Gasteiger partial charge in [0.05, 0.1) is 12.1 Å². The molecule has 1 N–H and O–H groups in total. The molecule has 6 heteroatoms. The van der Waals surface area contributed by atoms with Gasteiger partial charge in [0, 0.05) is 24.0 Å². The third kappa shape index (κ3) is 3.85. The fourth-order valence-corrected chi connectivity index (χ4v) is 4.57. The second-order valence-electron chi connectivity index (χ2n) is 8.36. The van der Waals surface area contributed by atoms with Crippen LogP contribution in [0.25, 0.3) is 16.7 Å². The highest BCUT2D eigenvalue weighted by Gasteiger charge is 2.16. The first-order valence-corrected chi connectivity index (χ1v) is 11.0. The minimum atomic E-state index is -0.0774. The Morgan fingerprint density at radius 3 is 2.48 bits per heavy atom. The van der Waals surface area contributed by atoms with Gasteiger partial charge in [-0.3, -0.25) is 14.2 Å². The van der Waals surface area contributed by atoms with Gasteiger partial charge in [0.2, 0.25) is 0 Å². The molecule has 31 heavy (non-hydrogen) atoms. The number of pyridine rings is 1. The lowest BCUT2D eigenvalue weighted by Crippen LogP contribution is -2.34. The Labute approximate surface area is 180 Å². The molecule has 0 saturated heterocycles. The van der Waals surface area contributed by atoms with Crippen molar-refractivity contribution in [3.05, 3.63) is 82.4 Å². The minimum absolute atomic E-state index is 0.0164. The van der Waals surface area contributed by atoms with Crippen molar-refractivity contribution < 1.29 is 4.79 Å². The highest BCUT2D eigenvalue weighted by Crippen LogP contribution is 2.18. The van der Waals surface area contributed by atoms with Crippen LogP contribution in [0.1, 0.15) is 54.4 Å². The van der Waals surface area contributed by atoms with Crippen LogP contribution in [0, 0.1) is 0 Å². The first-order valence-electron chi connectivity index (χ1n) is 11.0. The monoisotopic (exact) mass is 414 g/mol. The molecule has 1 amide bonds.